The van der Waals surface area contributed by atoms with Crippen LogP contribution in [0.25, 0.3) is 0 Å². The first-order chi connectivity index (χ1) is 14.4. The van der Waals surface area contributed by atoms with Crippen molar-refractivity contribution < 1.29 is 9.53 Å². The molecule has 1 saturated heterocycles. The Morgan fingerprint density at radius 3 is 2.43 bits per heavy atom. The van der Waals surface area contributed by atoms with Gasteiger partial charge < -0.3 is 20.7 Å². The number of nitrogens with zero attached hydrogens (tertiary/aromatic N) is 3. The highest BCUT2D eigenvalue weighted by Gasteiger charge is 2.24. The van der Waals surface area contributed by atoms with Gasteiger partial charge in [0.1, 0.15) is 18.1 Å². The molecule has 0 saturated carbocycles. The molecule has 0 spiro atoms. The lowest BCUT2D eigenvalue weighted by molar-refractivity contribution is -0.116. The van der Waals surface area contributed by atoms with Crippen molar-refractivity contribution in [3.8, 4) is 0 Å². The summed E-state index contributed by atoms with van der Waals surface area (Å²) in [5.41, 5.74) is 7.08. The van der Waals surface area contributed by atoms with E-state index >= 15 is 0 Å². The summed E-state index contributed by atoms with van der Waals surface area (Å²) < 4.78 is 7.74. The fraction of sp³-hybridized carbons (Fsp3) is 0.476. The molecule has 2 aromatic rings. The number of nitrogens with two attached hydrogens (primary N) is 1. The summed E-state index contributed by atoms with van der Waals surface area (Å²) in [7, 11) is 0. The lowest BCUT2D eigenvalue weighted by Crippen LogP contribution is -2.48. The van der Waals surface area contributed by atoms with Gasteiger partial charge in [0.05, 0.1) is 13.2 Å². The average Bonchev–Trinajstić information content (AvgIpc) is 2.74. The van der Waals surface area contributed by atoms with Crippen molar-refractivity contribution in [3.63, 3.8) is 0 Å². The Morgan fingerprint density at radius 1 is 1.13 bits per heavy atom. The van der Waals surface area contributed by atoms with Crippen LogP contribution >= 0.6 is 0 Å². The van der Waals surface area contributed by atoms with Crippen LogP contribution in [0.3, 0.4) is 0 Å². The van der Waals surface area contributed by atoms with Crippen molar-refractivity contribution in [2.24, 2.45) is 0 Å². The lowest BCUT2D eigenvalue weighted by Gasteiger charge is -2.30. The molecule has 0 aliphatic carbocycles. The lowest BCUT2D eigenvalue weighted by atomic mass is 10.2. The molecule has 30 heavy (non-hydrogen) atoms. The Hall–Kier alpha value is -3.07. The van der Waals surface area contributed by atoms with Gasteiger partial charge in [-0.2, -0.15) is 0 Å². The summed E-state index contributed by atoms with van der Waals surface area (Å²) in [6, 6.07) is 7.30. The number of anilines is 3. The predicted octanol–water partition coefficient (Wildman–Crippen LogP) is 1.18. The van der Waals surface area contributed by atoms with Crippen molar-refractivity contribution in [1.82, 2.24) is 9.13 Å². The number of amides is 1. The van der Waals surface area contributed by atoms with Crippen molar-refractivity contribution in [2.75, 3.05) is 42.3 Å². The van der Waals surface area contributed by atoms with E-state index in [-0.39, 0.29) is 18.1 Å². The Labute approximate surface area is 175 Å². The fourth-order valence-corrected chi connectivity index (χ4v) is 3.44. The predicted molar refractivity (Wildman–Crippen MR) is 117 cm³/mol. The number of nitrogens with one attached hydrogen (secondary N) is 1. The van der Waals surface area contributed by atoms with E-state index in [2.05, 4.69) is 5.32 Å². The number of rotatable bonds is 7. The molecule has 1 aliphatic rings. The fourth-order valence-electron chi connectivity index (χ4n) is 3.44. The number of unbranched alkanes of at least 4 members (excludes halogenated alkanes) is 1. The van der Waals surface area contributed by atoms with Crippen LogP contribution in [-0.2, 0) is 22.6 Å². The standard InChI is InChI=1S/C21H29N5O4/c1-3-4-9-25-19(22)18(24-10-12-30-13-11-24)20(28)26(21(25)29)14-17(27)23-16-7-5-15(2)6-8-16/h5-8H,3-4,9-14,22H2,1-2H3,(H,23,27). The largest absolute Gasteiger partial charge is 0.383 e. The second-order valence-electron chi connectivity index (χ2n) is 7.43. The number of carbonyl (C=O) groups excluding carboxylic acids is 1. The third-order valence-electron chi connectivity index (χ3n) is 5.14. The maximum absolute atomic E-state index is 13.2. The number of morpholine rings is 1. The van der Waals surface area contributed by atoms with Crippen LogP contribution < -0.4 is 27.2 Å². The minimum atomic E-state index is -0.568. The van der Waals surface area contributed by atoms with E-state index in [1.54, 1.807) is 12.1 Å². The van der Waals surface area contributed by atoms with Crippen LogP contribution in [0.2, 0.25) is 0 Å². The van der Waals surface area contributed by atoms with E-state index in [9.17, 15) is 14.4 Å². The summed E-state index contributed by atoms with van der Waals surface area (Å²) in [5.74, 6) is -0.298. The smallest absolute Gasteiger partial charge is 0.333 e. The molecule has 9 heteroatoms. The number of benzene rings is 1. The van der Waals surface area contributed by atoms with Crippen molar-refractivity contribution in [3.05, 3.63) is 50.7 Å². The molecule has 9 nitrogen and oxygen atoms in total. The van der Waals surface area contributed by atoms with Gasteiger partial charge in [-0.15, -0.1) is 0 Å². The maximum atomic E-state index is 13.2. The van der Waals surface area contributed by atoms with Gasteiger partial charge in [-0.3, -0.25) is 14.2 Å². The number of hydrogen-bond donors (Lipinski definition) is 2. The first-order valence-electron chi connectivity index (χ1n) is 10.2. The van der Waals surface area contributed by atoms with Crippen LogP contribution in [0.5, 0.6) is 0 Å². The molecule has 3 N–H and O–H groups in total. The van der Waals surface area contributed by atoms with Gasteiger partial charge in [-0.25, -0.2) is 9.36 Å². The third-order valence-corrected chi connectivity index (χ3v) is 5.14. The quantitative estimate of drug-likeness (QED) is 0.702. The minimum Gasteiger partial charge on any atom is -0.383 e. The van der Waals surface area contributed by atoms with Crippen LogP contribution in [0.15, 0.2) is 33.9 Å². The summed E-state index contributed by atoms with van der Waals surface area (Å²) >= 11 is 0. The van der Waals surface area contributed by atoms with Crippen LogP contribution in [-0.4, -0.2) is 41.3 Å². The molecule has 1 amide bonds. The molecule has 3 rings (SSSR count). The van der Waals surface area contributed by atoms with Crippen molar-refractivity contribution in [2.45, 2.75) is 39.8 Å². The highest BCUT2D eigenvalue weighted by Crippen LogP contribution is 2.19. The second-order valence-corrected chi connectivity index (χ2v) is 7.43. The zero-order valence-electron chi connectivity index (χ0n) is 17.5. The van der Waals surface area contributed by atoms with Gasteiger partial charge in [0, 0.05) is 25.3 Å². The monoisotopic (exact) mass is 415 g/mol. The Kier molecular flexibility index (Phi) is 6.94. The molecule has 0 radical (unpaired) electrons. The molecule has 0 unspecified atom stereocenters. The highest BCUT2D eigenvalue weighted by molar-refractivity contribution is 5.90. The molecule has 1 aliphatic heterocycles. The van der Waals surface area contributed by atoms with Gasteiger partial charge in [-0.05, 0) is 25.5 Å². The topological polar surface area (TPSA) is 112 Å². The van der Waals surface area contributed by atoms with Crippen molar-refractivity contribution >= 4 is 23.1 Å². The molecule has 2 heterocycles. The van der Waals surface area contributed by atoms with Gasteiger partial charge in [0.2, 0.25) is 5.91 Å². The molecule has 0 bridgehead atoms. The molecule has 162 valence electrons. The molecular formula is C21H29N5O4. The number of carbonyl (C=O) groups is 1. The van der Waals surface area contributed by atoms with E-state index < -0.39 is 17.2 Å². The number of ether oxygens (including phenoxy) is 1. The van der Waals surface area contributed by atoms with Crippen LogP contribution in [0, 0.1) is 6.92 Å². The molecular weight excluding hydrogens is 386 g/mol. The van der Waals surface area contributed by atoms with Gasteiger partial charge in [-0.1, -0.05) is 31.0 Å². The van der Waals surface area contributed by atoms with Gasteiger partial charge in [0.25, 0.3) is 5.56 Å². The third kappa shape index (κ3) is 4.73. The Balaban J connectivity index is 1.97. The van der Waals surface area contributed by atoms with Crippen molar-refractivity contribution in [1.29, 1.82) is 0 Å². The number of nitrogen functional groups attached to an aromatic ring is 1. The minimum absolute atomic E-state index is 0.149. The normalized spacial score (nSPS) is 14.0. The summed E-state index contributed by atoms with van der Waals surface area (Å²) in [6.45, 7) is 5.91. The van der Waals surface area contributed by atoms with E-state index in [0.717, 1.165) is 23.0 Å². The molecule has 1 aromatic heterocycles. The number of aromatic nitrogens is 2. The Morgan fingerprint density at radius 2 is 1.80 bits per heavy atom. The summed E-state index contributed by atoms with van der Waals surface area (Å²) in [4.78, 5) is 40.6. The van der Waals surface area contributed by atoms with Gasteiger partial charge in [0.15, 0.2) is 0 Å². The van der Waals surface area contributed by atoms with E-state index in [1.165, 1.54) is 4.57 Å². The number of hydrogen-bond acceptors (Lipinski definition) is 6. The van der Waals surface area contributed by atoms with E-state index in [4.69, 9.17) is 10.5 Å². The molecule has 1 fully saturated rings. The maximum Gasteiger partial charge on any atom is 0.333 e. The van der Waals surface area contributed by atoms with Crippen LogP contribution in [0.4, 0.5) is 17.2 Å². The SMILES string of the molecule is CCCCn1c(N)c(N2CCOCC2)c(=O)n(CC(=O)Nc2ccc(C)cc2)c1=O. The summed E-state index contributed by atoms with van der Waals surface area (Å²) in [5, 5.41) is 2.74. The first kappa shape index (κ1) is 21.6. The molecule has 1 aromatic carbocycles. The molecule has 0 atom stereocenters. The van der Waals surface area contributed by atoms with Gasteiger partial charge >= 0.3 is 5.69 Å². The summed E-state index contributed by atoms with van der Waals surface area (Å²) in [6.07, 6.45) is 1.60. The Bertz CT molecular complexity index is 1000. The zero-order valence-corrected chi connectivity index (χ0v) is 17.5. The first-order valence-corrected chi connectivity index (χ1v) is 10.2. The van der Waals surface area contributed by atoms with E-state index in [1.807, 2.05) is 30.9 Å². The highest BCUT2D eigenvalue weighted by atomic mass is 16.5. The second kappa shape index (κ2) is 9.62. The zero-order chi connectivity index (χ0) is 21.7. The number of aryl methyl sites for hydroxylation is 1. The average molecular weight is 415 g/mol. The van der Waals surface area contributed by atoms with E-state index in [0.29, 0.717) is 38.5 Å². The van der Waals surface area contributed by atoms with Crippen LogP contribution in [0.1, 0.15) is 25.3 Å².